The van der Waals surface area contributed by atoms with Crippen LogP contribution >= 0.6 is 7.82 Å². The Morgan fingerprint density at radius 2 is 0.903 bits per heavy atom. The number of nitrogens with zero attached hydrogens (tertiary/aromatic N) is 1. The van der Waals surface area contributed by atoms with Gasteiger partial charge in [0, 0.05) is 6.42 Å². The Balaban J connectivity index is 4.35. The molecule has 0 spiro atoms. The molecule has 0 aliphatic rings. The minimum absolute atomic E-state index is 0.00754. The summed E-state index contributed by atoms with van der Waals surface area (Å²) in [5.74, 6) is -0.214. The molecular formula is C53H103N2O6P. The van der Waals surface area contributed by atoms with Crippen molar-refractivity contribution in [3.05, 3.63) is 36.5 Å². The van der Waals surface area contributed by atoms with Gasteiger partial charge in [0.05, 0.1) is 39.9 Å². The summed E-state index contributed by atoms with van der Waals surface area (Å²) in [4.78, 5) is 25.4. The van der Waals surface area contributed by atoms with Crippen molar-refractivity contribution in [2.24, 2.45) is 0 Å². The molecule has 1 amide bonds. The number of aliphatic hydroxyl groups excluding tert-OH is 1. The van der Waals surface area contributed by atoms with Gasteiger partial charge >= 0.3 is 0 Å². The maximum absolute atomic E-state index is 12.9. The van der Waals surface area contributed by atoms with Crippen molar-refractivity contribution >= 4 is 13.7 Å². The zero-order valence-corrected chi connectivity index (χ0v) is 42.5. The van der Waals surface area contributed by atoms with Crippen molar-refractivity contribution in [1.29, 1.82) is 0 Å². The third-order valence-electron chi connectivity index (χ3n) is 11.8. The highest BCUT2D eigenvalue weighted by Gasteiger charge is 2.23. The molecule has 0 fully saturated rings. The first-order valence-corrected chi connectivity index (χ1v) is 27.8. The number of carbonyl (C=O) groups is 1. The van der Waals surface area contributed by atoms with Gasteiger partial charge in [0.1, 0.15) is 13.2 Å². The summed E-state index contributed by atoms with van der Waals surface area (Å²) in [7, 11) is 1.24. The molecule has 2 N–H and O–H groups in total. The molecule has 0 saturated carbocycles. The Bertz CT molecular complexity index is 1110. The molecule has 0 heterocycles. The fourth-order valence-corrected chi connectivity index (χ4v) is 8.36. The maximum Gasteiger partial charge on any atom is 0.268 e. The van der Waals surface area contributed by atoms with E-state index < -0.39 is 26.6 Å². The Labute approximate surface area is 385 Å². The predicted molar refractivity (Wildman–Crippen MR) is 265 cm³/mol. The molecule has 9 heteroatoms. The number of carbonyl (C=O) groups excluding carboxylic acids is 1. The Morgan fingerprint density at radius 1 is 0.548 bits per heavy atom. The average molecular weight is 895 g/mol. The number of nitrogens with one attached hydrogen (secondary N) is 1. The van der Waals surface area contributed by atoms with E-state index in [-0.39, 0.29) is 12.5 Å². The summed E-state index contributed by atoms with van der Waals surface area (Å²) in [6.45, 7) is 4.64. The van der Waals surface area contributed by atoms with E-state index >= 15 is 0 Å². The second-order valence-electron chi connectivity index (χ2n) is 19.2. The lowest BCUT2D eigenvalue weighted by molar-refractivity contribution is -0.870. The highest BCUT2D eigenvalue weighted by atomic mass is 31.2. The molecule has 0 radical (unpaired) electrons. The minimum Gasteiger partial charge on any atom is -0.756 e. The number of phosphoric ester groups is 1. The van der Waals surface area contributed by atoms with Crippen LogP contribution in [0.25, 0.3) is 0 Å². The van der Waals surface area contributed by atoms with Gasteiger partial charge in [0.25, 0.3) is 7.82 Å². The van der Waals surface area contributed by atoms with Gasteiger partial charge in [0.15, 0.2) is 0 Å². The fourth-order valence-electron chi connectivity index (χ4n) is 7.63. The number of hydrogen-bond acceptors (Lipinski definition) is 6. The van der Waals surface area contributed by atoms with Crippen LogP contribution in [-0.2, 0) is 18.4 Å². The molecule has 3 atom stereocenters. The number of likely N-dealkylation sites (N-methyl/N-ethyl adjacent to an activating group) is 1. The van der Waals surface area contributed by atoms with E-state index in [1.54, 1.807) is 6.08 Å². The van der Waals surface area contributed by atoms with Gasteiger partial charge in [0.2, 0.25) is 5.91 Å². The number of amides is 1. The minimum atomic E-state index is -4.60. The highest BCUT2D eigenvalue weighted by Crippen LogP contribution is 2.38. The van der Waals surface area contributed by atoms with Crippen molar-refractivity contribution in [3.63, 3.8) is 0 Å². The Morgan fingerprint density at radius 3 is 1.31 bits per heavy atom. The molecular weight excluding hydrogens is 792 g/mol. The molecule has 0 aliphatic carbocycles. The first-order chi connectivity index (χ1) is 30.0. The molecule has 366 valence electrons. The summed E-state index contributed by atoms with van der Waals surface area (Å²) in [5.41, 5.74) is 0. The van der Waals surface area contributed by atoms with Gasteiger partial charge in [-0.05, 0) is 57.8 Å². The molecule has 0 rings (SSSR count). The summed E-state index contributed by atoms with van der Waals surface area (Å²) in [6, 6.07) is -0.907. The molecule has 0 aliphatic heterocycles. The van der Waals surface area contributed by atoms with Gasteiger partial charge in [-0.15, -0.1) is 0 Å². The van der Waals surface area contributed by atoms with Gasteiger partial charge in [-0.3, -0.25) is 9.36 Å². The van der Waals surface area contributed by atoms with E-state index in [2.05, 4.69) is 43.5 Å². The van der Waals surface area contributed by atoms with Crippen LogP contribution in [-0.4, -0.2) is 68.5 Å². The molecule has 62 heavy (non-hydrogen) atoms. The average Bonchev–Trinajstić information content (AvgIpc) is 3.23. The monoisotopic (exact) mass is 895 g/mol. The number of allylic oxidation sites excluding steroid dienone is 5. The first kappa shape index (κ1) is 60.7. The van der Waals surface area contributed by atoms with Gasteiger partial charge in [-0.25, -0.2) is 0 Å². The maximum atomic E-state index is 12.9. The van der Waals surface area contributed by atoms with E-state index in [0.717, 1.165) is 51.4 Å². The lowest BCUT2D eigenvalue weighted by atomic mass is 10.0. The second kappa shape index (κ2) is 44.9. The van der Waals surface area contributed by atoms with E-state index in [1.165, 1.54) is 173 Å². The fraction of sp³-hybridized carbons (Fsp3) is 0.868. The highest BCUT2D eigenvalue weighted by molar-refractivity contribution is 7.45. The van der Waals surface area contributed by atoms with Crippen LogP contribution in [0.15, 0.2) is 36.5 Å². The number of quaternary nitrogens is 1. The third kappa shape index (κ3) is 46.7. The Hall–Kier alpha value is -1.28. The van der Waals surface area contributed by atoms with Crippen molar-refractivity contribution < 1.29 is 32.9 Å². The SMILES string of the molecule is CCCCCCCCCCC/C=C\CCCCCCCC(=O)NC(COP(=O)([O-])OCC[N+](C)(C)C)C(O)/C=C/CC/C=C/CCCCCCCCCCCCCCCCCC. The summed E-state index contributed by atoms with van der Waals surface area (Å²) in [6.07, 6.45) is 56.4. The van der Waals surface area contributed by atoms with Crippen LogP contribution in [0.3, 0.4) is 0 Å². The summed E-state index contributed by atoms with van der Waals surface area (Å²) >= 11 is 0. The van der Waals surface area contributed by atoms with Crippen LogP contribution in [0.1, 0.15) is 245 Å². The molecule has 0 aromatic carbocycles. The zero-order valence-electron chi connectivity index (χ0n) is 41.6. The summed E-state index contributed by atoms with van der Waals surface area (Å²) in [5, 5.41) is 13.8. The number of unbranched alkanes of at least 4 members (excludes halogenated alkanes) is 31. The Kier molecular flexibility index (Phi) is 44.0. The van der Waals surface area contributed by atoms with E-state index in [1.807, 2.05) is 27.2 Å². The molecule has 3 unspecified atom stereocenters. The van der Waals surface area contributed by atoms with Gasteiger partial charge in [-0.1, -0.05) is 217 Å². The number of phosphoric acid groups is 1. The second-order valence-corrected chi connectivity index (χ2v) is 20.6. The number of aliphatic hydroxyl groups is 1. The van der Waals surface area contributed by atoms with Crippen molar-refractivity contribution in [2.45, 2.75) is 257 Å². The van der Waals surface area contributed by atoms with Gasteiger partial charge in [-0.2, -0.15) is 0 Å². The smallest absolute Gasteiger partial charge is 0.268 e. The van der Waals surface area contributed by atoms with E-state index in [9.17, 15) is 19.4 Å². The van der Waals surface area contributed by atoms with Crippen LogP contribution in [0.5, 0.6) is 0 Å². The molecule has 8 nitrogen and oxygen atoms in total. The zero-order chi connectivity index (χ0) is 45.7. The van der Waals surface area contributed by atoms with Crippen LogP contribution in [0.2, 0.25) is 0 Å². The lowest BCUT2D eigenvalue weighted by Gasteiger charge is -2.29. The van der Waals surface area contributed by atoms with Crippen LogP contribution < -0.4 is 10.2 Å². The molecule has 0 aromatic heterocycles. The van der Waals surface area contributed by atoms with E-state index in [0.29, 0.717) is 17.4 Å². The summed E-state index contributed by atoms with van der Waals surface area (Å²) < 4.78 is 23.3. The normalized spacial score (nSPS) is 14.4. The number of hydrogen-bond donors (Lipinski definition) is 2. The lowest BCUT2D eigenvalue weighted by Crippen LogP contribution is -2.45. The standard InChI is InChI=1S/C53H103N2O6P/c1-6-8-10-12-14-16-18-20-22-24-26-27-28-29-30-32-34-36-38-40-42-44-46-52(56)51(50-61-62(58,59)60-49-48-55(3,4)5)54-53(57)47-45-43-41-39-37-35-33-31-25-23-21-19-17-15-13-11-9-7-2/h31,33,36,38,44,46,51-52,56H,6-30,32,34-35,37,39-43,45,47-50H2,1-5H3,(H-,54,57,58,59)/b33-31-,38-36+,46-44+. The van der Waals surface area contributed by atoms with Gasteiger partial charge < -0.3 is 28.8 Å². The van der Waals surface area contributed by atoms with Crippen molar-refractivity contribution in [2.75, 3.05) is 40.9 Å². The van der Waals surface area contributed by atoms with Crippen LogP contribution in [0, 0.1) is 0 Å². The van der Waals surface area contributed by atoms with Crippen molar-refractivity contribution in [1.82, 2.24) is 5.32 Å². The van der Waals surface area contributed by atoms with Crippen LogP contribution in [0.4, 0.5) is 0 Å². The molecule has 0 bridgehead atoms. The molecule has 0 aromatic rings. The quantitative estimate of drug-likeness (QED) is 0.0273. The third-order valence-corrected chi connectivity index (χ3v) is 12.8. The van der Waals surface area contributed by atoms with Crippen molar-refractivity contribution in [3.8, 4) is 0 Å². The topological polar surface area (TPSA) is 108 Å². The molecule has 0 saturated heterocycles. The predicted octanol–water partition coefficient (Wildman–Crippen LogP) is 14.8. The number of rotatable bonds is 48. The largest absolute Gasteiger partial charge is 0.756 e. The van der Waals surface area contributed by atoms with E-state index in [4.69, 9.17) is 9.05 Å². The first-order valence-electron chi connectivity index (χ1n) is 26.4.